The number of aromatic nitrogens is 2. The van der Waals surface area contributed by atoms with E-state index in [0.29, 0.717) is 16.6 Å². The number of hydrogen-bond donors (Lipinski definition) is 2. The Morgan fingerprint density at radius 2 is 1.71 bits per heavy atom. The van der Waals surface area contributed by atoms with Crippen LogP contribution in [0.4, 0.5) is 17.1 Å². The third-order valence-electron chi connectivity index (χ3n) is 5.27. The molecule has 7 nitrogen and oxygen atoms in total. The minimum atomic E-state index is -0.267. The number of benzene rings is 2. The van der Waals surface area contributed by atoms with Crippen molar-refractivity contribution in [3.8, 4) is 12.1 Å². The highest BCUT2D eigenvalue weighted by Crippen LogP contribution is 2.43. The molecule has 156 valence electrons. The molecule has 4 rings (SSSR count). The fourth-order valence-corrected chi connectivity index (χ4v) is 4.57. The minimum Gasteiger partial charge on any atom is -0.371 e. The molecule has 0 radical (unpaired) electrons. The van der Waals surface area contributed by atoms with Gasteiger partial charge in [-0.2, -0.15) is 10.5 Å². The summed E-state index contributed by atoms with van der Waals surface area (Å²) in [7, 11) is 0. The fourth-order valence-electron chi connectivity index (χ4n) is 3.78. The van der Waals surface area contributed by atoms with E-state index in [1.165, 1.54) is 12.7 Å². The topological polar surface area (TPSA) is 109 Å². The standard InChI is InChI=1S/C21H15Cl3N6O/c22-16-11(8-25)17(23)18(24)19(12(16)9-26)29-13-4-5-14(30-6-2-1-3-7-30)15-20(13)27-10-28-21(15)31/h4-5,10,29H,1-3,6-7H2,(H,27,28,31). The Morgan fingerprint density at radius 1 is 1.00 bits per heavy atom. The summed E-state index contributed by atoms with van der Waals surface area (Å²) >= 11 is 18.8. The van der Waals surface area contributed by atoms with Crippen molar-refractivity contribution in [3.63, 3.8) is 0 Å². The highest BCUT2D eigenvalue weighted by atomic mass is 35.5. The molecule has 0 aliphatic carbocycles. The van der Waals surface area contributed by atoms with Crippen LogP contribution < -0.4 is 15.8 Å². The van der Waals surface area contributed by atoms with Gasteiger partial charge in [0.2, 0.25) is 0 Å². The van der Waals surface area contributed by atoms with E-state index in [9.17, 15) is 15.3 Å². The summed E-state index contributed by atoms with van der Waals surface area (Å²) in [6.45, 7) is 1.73. The molecule has 31 heavy (non-hydrogen) atoms. The number of H-pyrrole nitrogens is 1. The molecule has 1 aromatic heterocycles. The number of halogens is 3. The van der Waals surface area contributed by atoms with Gasteiger partial charge in [-0.1, -0.05) is 34.8 Å². The van der Waals surface area contributed by atoms with Gasteiger partial charge in [-0.15, -0.1) is 0 Å². The number of rotatable bonds is 3. The van der Waals surface area contributed by atoms with Gasteiger partial charge in [0, 0.05) is 13.1 Å². The summed E-state index contributed by atoms with van der Waals surface area (Å²) in [5.74, 6) is 0. The van der Waals surface area contributed by atoms with Gasteiger partial charge in [0.15, 0.2) is 0 Å². The van der Waals surface area contributed by atoms with Gasteiger partial charge in [0.1, 0.15) is 17.7 Å². The second-order valence-electron chi connectivity index (χ2n) is 7.05. The summed E-state index contributed by atoms with van der Waals surface area (Å²) < 4.78 is 0. The first-order chi connectivity index (χ1) is 15.0. The normalized spacial score (nSPS) is 13.6. The van der Waals surface area contributed by atoms with Crippen LogP contribution in [0.25, 0.3) is 10.9 Å². The number of fused-ring (bicyclic) bond motifs is 1. The highest BCUT2D eigenvalue weighted by molar-refractivity contribution is 6.46. The largest absolute Gasteiger partial charge is 0.371 e. The lowest BCUT2D eigenvalue weighted by atomic mass is 10.1. The van der Waals surface area contributed by atoms with Crippen LogP contribution in [0.15, 0.2) is 23.3 Å². The van der Waals surface area contributed by atoms with Gasteiger partial charge in [-0.05, 0) is 31.4 Å². The Morgan fingerprint density at radius 3 is 2.39 bits per heavy atom. The van der Waals surface area contributed by atoms with Crippen molar-refractivity contribution in [2.24, 2.45) is 0 Å². The van der Waals surface area contributed by atoms with Crippen molar-refractivity contribution in [3.05, 3.63) is 55.0 Å². The van der Waals surface area contributed by atoms with Crippen LogP contribution in [0, 0.1) is 22.7 Å². The molecular weight excluding hydrogens is 459 g/mol. The van der Waals surface area contributed by atoms with E-state index in [-0.39, 0.29) is 37.4 Å². The van der Waals surface area contributed by atoms with Crippen LogP contribution in [0.3, 0.4) is 0 Å². The molecule has 1 aliphatic rings. The fraction of sp³-hybridized carbons (Fsp3) is 0.238. The van der Waals surface area contributed by atoms with E-state index in [2.05, 4.69) is 20.2 Å². The molecule has 2 heterocycles. The van der Waals surface area contributed by atoms with Gasteiger partial charge in [-0.3, -0.25) is 4.79 Å². The summed E-state index contributed by atoms with van der Waals surface area (Å²) in [6.07, 6.45) is 4.60. The zero-order chi connectivity index (χ0) is 22.1. The van der Waals surface area contributed by atoms with Crippen LogP contribution >= 0.6 is 34.8 Å². The molecule has 0 amide bonds. The van der Waals surface area contributed by atoms with E-state index in [0.717, 1.165) is 31.6 Å². The number of piperidine rings is 1. The van der Waals surface area contributed by atoms with Crippen LogP contribution in [-0.4, -0.2) is 23.1 Å². The third kappa shape index (κ3) is 3.66. The number of nitriles is 2. The summed E-state index contributed by atoms with van der Waals surface area (Å²) in [5.41, 5.74) is 1.46. The molecular formula is C21H15Cl3N6O. The smallest absolute Gasteiger partial charge is 0.260 e. The van der Waals surface area contributed by atoms with Crippen molar-refractivity contribution in [1.29, 1.82) is 10.5 Å². The van der Waals surface area contributed by atoms with Crippen molar-refractivity contribution in [2.45, 2.75) is 19.3 Å². The maximum atomic E-state index is 12.7. The molecule has 1 aliphatic heterocycles. The van der Waals surface area contributed by atoms with Gasteiger partial charge in [0.05, 0.1) is 55.0 Å². The van der Waals surface area contributed by atoms with E-state index < -0.39 is 0 Å². The second kappa shape index (κ2) is 8.64. The third-order valence-corrected chi connectivity index (χ3v) is 6.50. The maximum Gasteiger partial charge on any atom is 0.260 e. The number of nitrogens with zero attached hydrogens (tertiary/aromatic N) is 4. The molecule has 3 aromatic rings. The quantitative estimate of drug-likeness (QED) is 0.496. The Balaban J connectivity index is 1.90. The second-order valence-corrected chi connectivity index (χ2v) is 8.18. The van der Waals surface area contributed by atoms with Crippen molar-refractivity contribution >= 4 is 62.8 Å². The Kier molecular flexibility index (Phi) is 5.93. The van der Waals surface area contributed by atoms with Gasteiger partial charge >= 0.3 is 0 Å². The average Bonchev–Trinajstić information content (AvgIpc) is 2.79. The Labute approximate surface area is 192 Å². The molecule has 10 heteroatoms. The van der Waals surface area contributed by atoms with Crippen LogP contribution in [0.2, 0.25) is 15.1 Å². The van der Waals surface area contributed by atoms with E-state index >= 15 is 0 Å². The van der Waals surface area contributed by atoms with E-state index in [1.807, 2.05) is 18.2 Å². The molecule has 0 unspecified atom stereocenters. The monoisotopic (exact) mass is 472 g/mol. The van der Waals surface area contributed by atoms with Crippen molar-refractivity contribution < 1.29 is 0 Å². The minimum absolute atomic E-state index is 0.0164. The predicted molar refractivity (Wildman–Crippen MR) is 123 cm³/mol. The average molecular weight is 474 g/mol. The summed E-state index contributed by atoms with van der Waals surface area (Å²) in [4.78, 5) is 21.9. The lowest BCUT2D eigenvalue weighted by Crippen LogP contribution is -2.30. The van der Waals surface area contributed by atoms with Gasteiger partial charge < -0.3 is 15.2 Å². The first kappa shape index (κ1) is 21.3. The number of nitrogens with one attached hydrogen (secondary N) is 2. The summed E-state index contributed by atoms with van der Waals surface area (Å²) in [5, 5.41) is 22.2. The molecule has 1 fully saturated rings. The zero-order valence-electron chi connectivity index (χ0n) is 16.1. The maximum absolute atomic E-state index is 12.7. The highest BCUT2D eigenvalue weighted by Gasteiger charge is 2.23. The van der Waals surface area contributed by atoms with Gasteiger partial charge in [-0.25, -0.2) is 4.98 Å². The van der Waals surface area contributed by atoms with Crippen LogP contribution in [0.1, 0.15) is 30.4 Å². The summed E-state index contributed by atoms with van der Waals surface area (Å²) in [6, 6.07) is 7.45. The molecule has 0 saturated carbocycles. The van der Waals surface area contributed by atoms with Crippen molar-refractivity contribution in [2.75, 3.05) is 23.3 Å². The zero-order valence-corrected chi connectivity index (χ0v) is 18.4. The SMILES string of the molecule is N#Cc1c(Cl)c(Cl)c(Nc2ccc(N3CCCCC3)c3c(=O)[nH]cnc23)c(C#N)c1Cl. The number of anilines is 3. The predicted octanol–water partition coefficient (Wildman–Crippen LogP) is 5.36. The lowest BCUT2D eigenvalue weighted by molar-refractivity contribution is 0.579. The molecule has 0 bridgehead atoms. The van der Waals surface area contributed by atoms with Crippen LogP contribution in [-0.2, 0) is 0 Å². The van der Waals surface area contributed by atoms with Crippen LogP contribution in [0.5, 0.6) is 0 Å². The first-order valence-corrected chi connectivity index (χ1v) is 10.6. The Bertz CT molecular complexity index is 1330. The van der Waals surface area contributed by atoms with E-state index in [1.54, 1.807) is 6.07 Å². The number of hydrogen-bond acceptors (Lipinski definition) is 6. The van der Waals surface area contributed by atoms with E-state index in [4.69, 9.17) is 34.8 Å². The number of aromatic amines is 1. The molecule has 0 spiro atoms. The molecule has 2 N–H and O–H groups in total. The molecule has 0 atom stereocenters. The Hall–Kier alpha value is -2.97. The molecule has 1 saturated heterocycles. The van der Waals surface area contributed by atoms with Gasteiger partial charge in [0.25, 0.3) is 5.56 Å². The lowest BCUT2D eigenvalue weighted by Gasteiger charge is -2.29. The van der Waals surface area contributed by atoms with Crippen molar-refractivity contribution in [1.82, 2.24) is 9.97 Å². The first-order valence-electron chi connectivity index (χ1n) is 9.51. The molecule has 2 aromatic carbocycles.